The number of carbonyl (C=O) groups excluding carboxylic acids is 5. The molecule has 0 aliphatic carbocycles. The first kappa shape index (κ1) is 27.4. The van der Waals surface area contributed by atoms with Crippen LogP contribution in [0.4, 0.5) is 5.95 Å². The smallest absolute Gasteiger partial charge is 0.262 e. The van der Waals surface area contributed by atoms with Crippen molar-refractivity contribution in [1.82, 2.24) is 25.1 Å². The quantitative estimate of drug-likeness (QED) is 0.293. The fraction of sp³-hybridized carbons (Fsp3) is 0.464. The molecule has 1 N–H and O–H groups in total. The standard InChI is InChI=1S/C28H32N6O6/c1-16-14-32(28-29-12-19(13-30-28)18(3)35)15-17(2)33(16)9-4-10-40-20-5-6-21-22(11-20)27(39)34(26(21)38)23-7-8-24(36)31-25(23)37/h5-6,11-13,16-17,23H,4,7-10,14-15H2,1-3H3,(H,31,36,37)/t16-,17+,23?. The van der Waals surface area contributed by atoms with Gasteiger partial charge in [0, 0.05) is 50.5 Å². The summed E-state index contributed by atoms with van der Waals surface area (Å²) in [5, 5.41) is 2.20. The predicted molar refractivity (Wildman–Crippen MR) is 143 cm³/mol. The fourth-order valence-corrected chi connectivity index (χ4v) is 5.60. The topological polar surface area (TPSA) is 142 Å². The number of ketones is 1. The third-order valence-electron chi connectivity index (χ3n) is 7.67. The second-order valence-corrected chi connectivity index (χ2v) is 10.5. The van der Waals surface area contributed by atoms with Gasteiger partial charge >= 0.3 is 0 Å². The molecule has 0 radical (unpaired) electrons. The van der Waals surface area contributed by atoms with Gasteiger partial charge in [-0.15, -0.1) is 0 Å². The number of imide groups is 2. The third-order valence-corrected chi connectivity index (χ3v) is 7.67. The minimum atomic E-state index is -0.995. The molecule has 2 fully saturated rings. The first-order valence-corrected chi connectivity index (χ1v) is 13.5. The van der Waals surface area contributed by atoms with E-state index in [4.69, 9.17) is 4.74 Å². The van der Waals surface area contributed by atoms with Crippen LogP contribution >= 0.6 is 0 Å². The van der Waals surface area contributed by atoms with Crippen molar-refractivity contribution >= 4 is 35.4 Å². The van der Waals surface area contributed by atoms with Gasteiger partial charge in [0.15, 0.2) is 5.78 Å². The van der Waals surface area contributed by atoms with Gasteiger partial charge < -0.3 is 9.64 Å². The second-order valence-electron chi connectivity index (χ2n) is 10.5. The number of fused-ring (bicyclic) bond motifs is 1. The first-order chi connectivity index (χ1) is 19.1. The monoisotopic (exact) mass is 548 g/mol. The highest BCUT2D eigenvalue weighted by atomic mass is 16.5. The molecular weight excluding hydrogens is 516 g/mol. The molecule has 12 heteroatoms. The molecule has 5 rings (SSSR count). The van der Waals surface area contributed by atoms with Gasteiger partial charge in [0.2, 0.25) is 17.8 Å². The highest BCUT2D eigenvalue weighted by molar-refractivity contribution is 6.23. The lowest BCUT2D eigenvalue weighted by Crippen LogP contribution is -2.57. The summed E-state index contributed by atoms with van der Waals surface area (Å²) in [5.74, 6) is -1.11. The van der Waals surface area contributed by atoms with Crippen LogP contribution in [-0.2, 0) is 9.59 Å². The molecule has 4 amide bonds. The van der Waals surface area contributed by atoms with Gasteiger partial charge in [-0.3, -0.25) is 39.1 Å². The van der Waals surface area contributed by atoms with Crippen LogP contribution in [0.1, 0.15) is 71.1 Å². The van der Waals surface area contributed by atoms with E-state index in [0.717, 1.165) is 31.0 Å². The number of hydrogen-bond donors (Lipinski definition) is 1. The van der Waals surface area contributed by atoms with Crippen LogP contribution in [0, 0.1) is 0 Å². The lowest BCUT2D eigenvalue weighted by molar-refractivity contribution is -0.136. The van der Waals surface area contributed by atoms with Gasteiger partial charge in [-0.25, -0.2) is 9.97 Å². The molecule has 40 heavy (non-hydrogen) atoms. The number of nitrogens with zero attached hydrogens (tertiary/aromatic N) is 5. The number of Topliss-reactive ketones (excluding diaryl/α,β-unsaturated/α-hetero) is 1. The van der Waals surface area contributed by atoms with Crippen LogP contribution in [0.25, 0.3) is 0 Å². The van der Waals surface area contributed by atoms with Crippen molar-refractivity contribution in [2.75, 3.05) is 31.1 Å². The van der Waals surface area contributed by atoms with E-state index in [0.29, 0.717) is 23.9 Å². The number of hydrogen-bond acceptors (Lipinski definition) is 10. The van der Waals surface area contributed by atoms with Gasteiger partial charge in [-0.2, -0.15) is 0 Å². The summed E-state index contributed by atoms with van der Waals surface area (Å²) < 4.78 is 5.92. The molecule has 1 aromatic heterocycles. The van der Waals surface area contributed by atoms with E-state index < -0.39 is 29.7 Å². The molecular formula is C28H32N6O6. The molecule has 1 aromatic carbocycles. The van der Waals surface area contributed by atoms with Crippen LogP contribution in [0.2, 0.25) is 0 Å². The summed E-state index contributed by atoms with van der Waals surface area (Å²) in [4.78, 5) is 75.3. The maximum absolute atomic E-state index is 13.0. The number of ether oxygens (including phenoxy) is 1. The molecule has 3 atom stereocenters. The molecule has 0 spiro atoms. The van der Waals surface area contributed by atoms with Crippen LogP contribution in [0.5, 0.6) is 5.75 Å². The molecule has 2 aromatic rings. The van der Waals surface area contributed by atoms with E-state index in [1.54, 1.807) is 30.6 Å². The number of nitrogens with one attached hydrogen (secondary N) is 1. The van der Waals surface area contributed by atoms with E-state index in [9.17, 15) is 24.0 Å². The van der Waals surface area contributed by atoms with Gasteiger partial charge in [-0.1, -0.05) is 0 Å². The maximum Gasteiger partial charge on any atom is 0.262 e. The number of piperidine rings is 1. The van der Waals surface area contributed by atoms with Crippen LogP contribution in [-0.4, -0.2) is 93.5 Å². The number of benzene rings is 1. The number of rotatable bonds is 8. The number of carbonyl (C=O) groups is 5. The highest BCUT2D eigenvalue weighted by Crippen LogP contribution is 2.30. The molecule has 1 unspecified atom stereocenters. The number of piperazine rings is 1. The third kappa shape index (κ3) is 5.31. The van der Waals surface area contributed by atoms with Crippen LogP contribution < -0.4 is 15.0 Å². The minimum Gasteiger partial charge on any atom is -0.494 e. The van der Waals surface area contributed by atoms with Crippen molar-refractivity contribution in [3.05, 3.63) is 47.3 Å². The molecule has 210 valence electrons. The normalized spacial score (nSPS) is 23.3. The van der Waals surface area contributed by atoms with Crippen LogP contribution in [0.15, 0.2) is 30.6 Å². The van der Waals surface area contributed by atoms with Crippen molar-refractivity contribution in [2.24, 2.45) is 0 Å². The summed E-state index contributed by atoms with van der Waals surface area (Å²) in [5.41, 5.74) is 0.918. The van der Waals surface area contributed by atoms with Crippen molar-refractivity contribution in [3.8, 4) is 5.75 Å². The average Bonchev–Trinajstić information content (AvgIpc) is 3.16. The summed E-state index contributed by atoms with van der Waals surface area (Å²) in [6, 6.07) is 4.25. The van der Waals surface area contributed by atoms with Crippen LogP contribution in [0.3, 0.4) is 0 Å². The van der Waals surface area contributed by atoms with E-state index >= 15 is 0 Å². The summed E-state index contributed by atoms with van der Waals surface area (Å²) in [6.45, 7) is 8.56. The maximum atomic E-state index is 13.0. The Morgan fingerprint density at radius 2 is 1.70 bits per heavy atom. The largest absolute Gasteiger partial charge is 0.494 e. The van der Waals surface area contributed by atoms with Crippen molar-refractivity contribution in [2.45, 2.75) is 58.2 Å². The average molecular weight is 549 g/mol. The van der Waals surface area contributed by atoms with Gasteiger partial charge in [0.25, 0.3) is 11.8 Å². The van der Waals surface area contributed by atoms with Crippen molar-refractivity contribution < 1.29 is 28.7 Å². The SMILES string of the molecule is CC(=O)c1cnc(N2C[C@@H](C)N(CCCOc3ccc4c(c3)C(=O)N(C3CCC(=O)NC3=O)C4=O)[C@@H](C)C2)nc1. The van der Waals surface area contributed by atoms with E-state index in [1.165, 1.54) is 6.92 Å². The first-order valence-electron chi connectivity index (χ1n) is 13.5. The van der Waals surface area contributed by atoms with E-state index in [-0.39, 0.29) is 41.8 Å². The fourth-order valence-electron chi connectivity index (χ4n) is 5.60. The predicted octanol–water partition coefficient (Wildman–Crippen LogP) is 1.45. The number of aromatic nitrogens is 2. The van der Waals surface area contributed by atoms with Gasteiger partial charge in [0.05, 0.1) is 23.3 Å². The van der Waals surface area contributed by atoms with Crippen molar-refractivity contribution in [1.29, 1.82) is 0 Å². The molecule has 0 bridgehead atoms. The summed E-state index contributed by atoms with van der Waals surface area (Å²) in [6.07, 6.45) is 4.08. The summed E-state index contributed by atoms with van der Waals surface area (Å²) >= 11 is 0. The Labute approximate surface area is 231 Å². The van der Waals surface area contributed by atoms with E-state index in [1.807, 2.05) is 0 Å². The molecule has 3 aliphatic heterocycles. The Kier molecular flexibility index (Phi) is 7.61. The number of amides is 4. The Bertz CT molecular complexity index is 1350. The van der Waals surface area contributed by atoms with Gasteiger partial charge in [-0.05, 0) is 51.8 Å². The molecule has 4 heterocycles. The zero-order valence-corrected chi connectivity index (χ0v) is 22.8. The Morgan fingerprint density at radius 3 is 2.35 bits per heavy atom. The Balaban J connectivity index is 1.13. The Hall–Kier alpha value is -4.19. The minimum absolute atomic E-state index is 0.0606. The van der Waals surface area contributed by atoms with Crippen molar-refractivity contribution in [3.63, 3.8) is 0 Å². The molecule has 0 saturated carbocycles. The highest BCUT2D eigenvalue weighted by Gasteiger charge is 2.44. The molecule has 3 aliphatic rings. The lowest BCUT2D eigenvalue weighted by atomic mass is 10.0. The zero-order valence-electron chi connectivity index (χ0n) is 22.8. The van der Waals surface area contributed by atoms with Gasteiger partial charge in [0.1, 0.15) is 11.8 Å². The molecule has 2 saturated heterocycles. The lowest BCUT2D eigenvalue weighted by Gasteiger charge is -2.44. The van der Waals surface area contributed by atoms with E-state index in [2.05, 4.69) is 38.9 Å². The number of anilines is 1. The summed E-state index contributed by atoms with van der Waals surface area (Å²) in [7, 11) is 0. The molecule has 12 nitrogen and oxygen atoms in total. The zero-order chi connectivity index (χ0) is 28.6. The second kappa shape index (κ2) is 11.1. The Morgan fingerprint density at radius 1 is 1.02 bits per heavy atom.